The van der Waals surface area contributed by atoms with Gasteiger partial charge in [0.15, 0.2) is 21.9 Å². The van der Waals surface area contributed by atoms with Gasteiger partial charge in [0, 0.05) is 5.75 Å². The Bertz CT molecular complexity index is 696. The molecule has 1 aliphatic carbocycles. The molecule has 136 valence electrons. The molecular formula is C16H22ClN5O2S. The maximum atomic E-state index is 9.42. The molecule has 0 amide bonds. The molecule has 3 N–H and O–H groups in total. The molecule has 9 heteroatoms. The lowest BCUT2D eigenvalue weighted by Gasteiger charge is -2.23. The Morgan fingerprint density at radius 2 is 2.12 bits per heavy atom. The number of thioether (sulfide) groups is 1. The zero-order valence-corrected chi connectivity index (χ0v) is 16.0. The number of ether oxygens (including phenoxy) is 2. The summed E-state index contributed by atoms with van der Waals surface area (Å²) in [6.07, 6.45) is 1.11. The Morgan fingerprint density at radius 1 is 1.40 bits per heavy atom. The number of rotatable bonds is 5. The molecule has 1 saturated heterocycles. The van der Waals surface area contributed by atoms with Gasteiger partial charge >= 0.3 is 0 Å². The number of anilines is 2. The van der Waals surface area contributed by atoms with Crippen LogP contribution >= 0.6 is 23.4 Å². The fraction of sp³-hybridized carbons (Fsp3) is 0.688. The van der Waals surface area contributed by atoms with Crippen LogP contribution in [0, 0.1) is 17.2 Å². The molecule has 25 heavy (non-hydrogen) atoms. The van der Waals surface area contributed by atoms with E-state index in [0.29, 0.717) is 23.1 Å². The number of nitrogens with two attached hydrogens (primary N) is 1. The van der Waals surface area contributed by atoms with Crippen molar-refractivity contribution in [3.63, 3.8) is 0 Å². The van der Waals surface area contributed by atoms with Crippen molar-refractivity contribution in [1.82, 2.24) is 9.97 Å². The molecule has 2 aliphatic rings. The van der Waals surface area contributed by atoms with Crippen molar-refractivity contribution in [2.24, 2.45) is 5.92 Å². The van der Waals surface area contributed by atoms with Gasteiger partial charge in [0.1, 0.15) is 17.9 Å². The Balaban J connectivity index is 1.82. The van der Waals surface area contributed by atoms with Crippen LogP contribution < -0.4 is 11.1 Å². The number of hydrogen-bond acceptors (Lipinski definition) is 8. The van der Waals surface area contributed by atoms with Crippen molar-refractivity contribution in [3.8, 4) is 6.07 Å². The fourth-order valence-corrected chi connectivity index (χ4v) is 4.13. The van der Waals surface area contributed by atoms with Crippen molar-refractivity contribution in [2.45, 2.75) is 62.8 Å². The van der Waals surface area contributed by atoms with Gasteiger partial charge in [0.25, 0.3) is 0 Å². The topological polar surface area (TPSA) is 106 Å². The maximum Gasteiger partial charge on any atom is 0.191 e. The molecule has 0 spiro atoms. The monoisotopic (exact) mass is 383 g/mol. The van der Waals surface area contributed by atoms with Crippen LogP contribution in [0.4, 0.5) is 11.5 Å². The second-order valence-corrected chi connectivity index (χ2v) is 8.11. The number of fused-ring (bicyclic) bond motifs is 1. The molecule has 0 radical (unpaired) electrons. The van der Waals surface area contributed by atoms with Gasteiger partial charge in [-0.3, -0.25) is 0 Å². The average molecular weight is 384 g/mol. The number of nitrogens with zero attached hydrogens (tertiary/aromatic N) is 3. The van der Waals surface area contributed by atoms with Crippen LogP contribution in [0.5, 0.6) is 0 Å². The summed E-state index contributed by atoms with van der Waals surface area (Å²) in [5.41, 5.74) is 6.35. The summed E-state index contributed by atoms with van der Waals surface area (Å²) in [5, 5.41) is 13.5. The first kappa shape index (κ1) is 18.5. The Labute approximate surface area is 156 Å². The second kappa shape index (κ2) is 7.16. The van der Waals surface area contributed by atoms with E-state index in [2.05, 4.69) is 28.3 Å². The Morgan fingerprint density at radius 3 is 2.80 bits per heavy atom. The SMILES string of the molecule is CCCSc1nc(Cl)c(N)c(N[C@@H]2C[C@H](C#N)[C@H]3OC(C)(C)O[C@H]32)n1. The predicted molar refractivity (Wildman–Crippen MR) is 97.4 cm³/mol. The highest BCUT2D eigenvalue weighted by Crippen LogP contribution is 2.43. The molecule has 0 aromatic carbocycles. The minimum absolute atomic E-state index is 0.131. The molecular weight excluding hydrogens is 362 g/mol. The van der Waals surface area contributed by atoms with E-state index in [1.165, 1.54) is 11.8 Å². The third kappa shape index (κ3) is 3.80. The number of nitrogen functional groups attached to an aromatic ring is 1. The van der Waals surface area contributed by atoms with E-state index in [1.807, 2.05) is 13.8 Å². The molecule has 0 unspecified atom stereocenters. The summed E-state index contributed by atoms with van der Waals surface area (Å²) >= 11 is 7.69. The normalized spacial score (nSPS) is 30.0. The lowest BCUT2D eigenvalue weighted by atomic mass is 10.1. The first-order chi connectivity index (χ1) is 11.8. The van der Waals surface area contributed by atoms with Crippen molar-refractivity contribution in [3.05, 3.63) is 5.15 Å². The number of hydrogen-bond donors (Lipinski definition) is 2. The molecule has 2 fully saturated rings. The third-order valence-corrected chi connectivity index (χ3v) is 5.61. The van der Waals surface area contributed by atoms with Gasteiger partial charge in [-0.2, -0.15) is 5.26 Å². The number of halogens is 1. The van der Waals surface area contributed by atoms with Crippen LogP contribution in [0.2, 0.25) is 5.15 Å². The van der Waals surface area contributed by atoms with Crippen molar-refractivity contribution in [1.29, 1.82) is 5.26 Å². The quantitative estimate of drug-likeness (QED) is 0.454. The first-order valence-corrected chi connectivity index (χ1v) is 9.68. The fourth-order valence-electron chi connectivity index (χ4n) is 3.21. The lowest BCUT2D eigenvalue weighted by molar-refractivity contribution is -0.154. The van der Waals surface area contributed by atoms with Crippen molar-refractivity contribution < 1.29 is 9.47 Å². The molecule has 0 bridgehead atoms. The van der Waals surface area contributed by atoms with Gasteiger partial charge in [-0.15, -0.1) is 0 Å². The largest absolute Gasteiger partial charge is 0.393 e. The summed E-state index contributed by atoms with van der Waals surface area (Å²) in [4.78, 5) is 8.70. The highest BCUT2D eigenvalue weighted by atomic mass is 35.5. The van der Waals surface area contributed by atoms with Crippen LogP contribution in [0.3, 0.4) is 0 Å². The zero-order valence-electron chi connectivity index (χ0n) is 14.5. The highest BCUT2D eigenvalue weighted by molar-refractivity contribution is 7.99. The summed E-state index contributed by atoms with van der Waals surface area (Å²) < 4.78 is 11.9. The van der Waals surface area contributed by atoms with Gasteiger partial charge in [0.05, 0.1) is 18.0 Å². The maximum absolute atomic E-state index is 9.42. The molecule has 2 heterocycles. The van der Waals surface area contributed by atoms with Crippen molar-refractivity contribution >= 4 is 34.9 Å². The van der Waals surface area contributed by atoms with Crippen LogP contribution in [0.1, 0.15) is 33.6 Å². The molecule has 3 rings (SSSR count). The first-order valence-electron chi connectivity index (χ1n) is 8.32. The highest BCUT2D eigenvalue weighted by Gasteiger charge is 2.54. The van der Waals surface area contributed by atoms with E-state index in [4.69, 9.17) is 26.8 Å². The number of aromatic nitrogens is 2. The smallest absolute Gasteiger partial charge is 0.191 e. The van der Waals surface area contributed by atoms with E-state index >= 15 is 0 Å². The van der Waals surface area contributed by atoms with Crippen LogP contribution in [-0.2, 0) is 9.47 Å². The summed E-state index contributed by atoms with van der Waals surface area (Å²) in [6.45, 7) is 5.80. The van der Waals surface area contributed by atoms with Crippen LogP contribution in [0.25, 0.3) is 0 Å². The zero-order chi connectivity index (χ0) is 18.2. The number of nitrogens with one attached hydrogen (secondary N) is 1. The standard InChI is InChI=1S/C16H22ClN5O2S/c1-4-5-25-15-21-13(17)10(19)14(22-15)20-9-6-8(7-18)11-12(9)24-16(2,3)23-11/h8-9,11-12H,4-6,19H2,1-3H3,(H,20,21,22)/t8-,9-,11-,12+/m1/s1. The molecule has 1 aromatic rings. The Kier molecular flexibility index (Phi) is 5.30. The predicted octanol–water partition coefficient (Wildman–Crippen LogP) is 3.06. The van der Waals surface area contributed by atoms with Crippen LogP contribution in [-0.4, -0.2) is 39.8 Å². The van der Waals surface area contributed by atoms with Gasteiger partial charge in [-0.1, -0.05) is 30.3 Å². The summed E-state index contributed by atoms with van der Waals surface area (Å²) in [5.74, 6) is 0.433. The average Bonchev–Trinajstić information content (AvgIpc) is 3.03. The summed E-state index contributed by atoms with van der Waals surface area (Å²) in [7, 11) is 0. The van der Waals surface area contributed by atoms with Crippen LogP contribution in [0.15, 0.2) is 5.16 Å². The molecule has 4 atom stereocenters. The van der Waals surface area contributed by atoms with Gasteiger partial charge < -0.3 is 20.5 Å². The summed E-state index contributed by atoms with van der Waals surface area (Å²) in [6, 6.07) is 2.18. The Hall–Kier alpha value is -1.27. The molecule has 1 saturated carbocycles. The van der Waals surface area contributed by atoms with E-state index in [-0.39, 0.29) is 29.3 Å². The van der Waals surface area contributed by atoms with Gasteiger partial charge in [-0.05, 0) is 26.7 Å². The van der Waals surface area contributed by atoms with Crippen molar-refractivity contribution in [2.75, 3.05) is 16.8 Å². The van der Waals surface area contributed by atoms with Gasteiger partial charge in [-0.25, -0.2) is 9.97 Å². The minimum atomic E-state index is -0.707. The number of nitriles is 1. The van der Waals surface area contributed by atoms with E-state index < -0.39 is 5.79 Å². The molecule has 1 aromatic heterocycles. The lowest BCUT2D eigenvalue weighted by Crippen LogP contribution is -2.35. The second-order valence-electron chi connectivity index (χ2n) is 6.69. The molecule has 1 aliphatic heterocycles. The molecule has 7 nitrogen and oxygen atoms in total. The van der Waals surface area contributed by atoms with E-state index in [9.17, 15) is 5.26 Å². The van der Waals surface area contributed by atoms with Gasteiger partial charge in [0.2, 0.25) is 0 Å². The third-order valence-electron chi connectivity index (χ3n) is 4.27. The van der Waals surface area contributed by atoms with E-state index in [1.54, 1.807) is 0 Å². The van der Waals surface area contributed by atoms with E-state index in [0.717, 1.165) is 12.2 Å². The minimum Gasteiger partial charge on any atom is -0.393 e.